The molecule has 0 saturated heterocycles. The van der Waals surface area contributed by atoms with Gasteiger partial charge in [-0.2, -0.15) is 12.6 Å². The van der Waals surface area contributed by atoms with Crippen LogP contribution in [-0.4, -0.2) is 69.8 Å². The third-order valence-corrected chi connectivity index (χ3v) is 3.83. The summed E-state index contributed by atoms with van der Waals surface area (Å²) in [5.41, 5.74) is 5.46. The van der Waals surface area contributed by atoms with Crippen molar-refractivity contribution in [3.63, 3.8) is 0 Å². The average molecular weight is 406 g/mol. The van der Waals surface area contributed by atoms with E-state index in [9.17, 15) is 24.0 Å². The highest BCUT2D eigenvalue weighted by Gasteiger charge is 2.31. The molecule has 0 rings (SSSR count). The van der Waals surface area contributed by atoms with Crippen LogP contribution in [-0.2, 0) is 24.0 Å². The highest BCUT2D eigenvalue weighted by Crippen LogP contribution is 2.04. The molecular weight excluding hydrogens is 380 g/mol. The zero-order valence-electron chi connectivity index (χ0n) is 15.3. The molecule has 4 atom stereocenters. The van der Waals surface area contributed by atoms with E-state index in [0.29, 0.717) is 0 Å². The van der Waals surface area contributed by atoms with Crippen molar-refractivity contribution < 1.29 is 34.2 Å². The Bertz CT molecular complexity index is 583. The number of carbonyl (C=O) groups excluding carboxylic acids is 3. The Morgan fingerprint density at radius 2 is 1.41 bits per heavy atom. The quantitative estimate of drug-likeness (QED) is 0.191. The fraction of sp³-hybridized carbons (Fsp3) is 0.667. The molecule has 0 aliphatic heterocycles. The van der Waals surface area contributed by atoms with Crippen LogP contribution < -0.4 is 21.7 Å². The van der Waals surface area contributed by atoms with Crippen LogP contribution in [0, 0.1) is 5.92 Å². The molecule has 4 unspecified atom stereocenters. The number of carboxylic acids is 2. The predicted octanol–water partition coefficient (Wildman–Crippen LogP) is -2.07. The maximum Gasteiger partial charge on any atom is 0.326 e. The van der Waals surface area contributed by atoms with E-state index in [1.807, 2.05) is 5.32 Å². The van der Waals surface area contributed by atoms with Gasteiger partial charge in [0.15, 0.2) is 0 Å². The minimum atomic E-state index is -1.66. The van der Waals surface area contributed by atoms with Crippen molar-refractivity contribution in [2.24, 2.45) is 11.7 Å². The van der Waals surface area contributed by atoms with E-state index in [0.717, 1.165) is 0 Å². The second kappa shape index (κ2) is 11.4. The number of hydrogen-bond acceptors (Lipinski definition) is 7. The Morgan fingerprint density at radius 1 is 0.889 bits per heavy atom. The summed E-state index contributed by atoms with van der Waals surface area (Å²) in [5.74, 6) is -5.58. The van der Waals surface area contributed by atoms with Gasteiger partial charge in [0, 0.05) is 5.75 Å². The summed E-state index contributed by atoms with van der Waals surface area (Å²) in [5, 5.41) is 24.5. The van der Waals surface area contributed by atoms with Crippen molar-refractivity contribution >= 4 is 42.3 Å². The molecule has 0 heterocycles. The van der Waals surface area contributed by atoms with Crippen LogP contribution in [0.15, 0.2) is 0 Å². The van der Waals surface area contributed by atoms with Crippen LogP contribution in [0.4, 0.5) is 0 Å². The summed E-state index contributed by atoms with van der Waals surface area (Å²) in [6.45, 7) is 4.80. The molecule has 11 nitrogen and oxygen atoms in total. The van der Waals surface area contributed by atoms with E-state index < -0.39 is 60.2 Å². The van der Waals surface area contributed by atoms with Crippen LogP contribution in [0.3, 0.4) is 0 Å². The van der Waals surface area contributed by atoms with Gasteiger partial charge in [0.25, 0.3) is 0 Å². The minimum absolute atomic E-state index is 0.178. The van der Waals surface area contributed by atoms with Crippen LogP contribution in [0.5, 0.6) is 0 Å². The molecule has 0 bridgehead atoms. The Balaban J connectivity index is 5.12. The van der Waals surface area contributed by atoms with Gasteiger partial charge in [0.2, 0.25) is 17.7 Å². The summed E-state index contributed by atoms with van der Waals surface area (Å²) in [6, 6.07) is -4.71. The number of nitrogens with two attached hydrogens (primary N) is 1. The van der Waals surface area contributed by atoms with Gasteiger partial charge in [-0.15, -0.1) is 0 Å². The largest absolute Gasteiger partial charge is 0.481 e. The van der Waals surface area contributed by atoms with Crippen molar-refractivity contribution in [3.05, 3.63) is 0 Å². The monoisotopic (exact) mass is 406 g/mol. The summed E-state index contributed by atoms with van der Waals surface area (Å²) >= 11 is 3.95. The number of thiol groups is 1. The zero-order valence-corrected chi connectivity index (χ0v) is 16.2. The molecule has 0 aliphatic carbocycles. The SMILES string of the molecule is CC(N)C(=O)NC(C(=O)NC(CS)C(=O)NC(CC(=O)O)C(=O)O)C(C)C. The van der Waals surface area contributed by atoms with Crippen molar-refractivity contribution in [3.8, 4) is 0 Å². The molecule has 0 aliphatic rings. The number of rotatable bonds is 11. The van der Waals surface area contributed by atoms with Crippen LogP contribution in [0.1, 0.15) is 27.2 Å². The third-order valence-electron chi connectivity index (χ3n) is 3.47. The average Bonchev–Trinajstić information content (AvgIpc) is 2.55. The topological polar surface area (TPSA) is 188 Å². The summed E-state index contributed by atoms with van der Waals surface area (Å²) in [7, 11) is 0. The number of nitrogens with one attached hydrogen (secondary N) is 3. The summed E-state index contributed by atoms with van der Waals surface area (Å²) < 4.78 is 0. The van der Waals surface area contributed by atoms with E-state index in [1.54, 1.807) is 13.8 Å². The first kappa shape index (κ1) is 24.7. The van der Waals surface area contributed by atoms with Gasteiger partial charge in [-0.05, 0) is 12.8 Å². The molecule has 7 N–H and O–H groups in total. The molecule has 154 valence electrons. The Hall–Kier alpha value is -2.34. The maximum absolute atomic E-state index is 12.4. The first-order chi connectivity index (χ1) is 12.4. The fourth-order valence-corrected chi connectivity index (χ4v) is 2.18. The van der Waals surface area contributed by atoms with Crippen molar-refractivity contribution in [2.75, 3.05) is 5.75 Å². The second-order valence-corrected chi connectivity index (χ2v) is 6.63. The van der Waals surface area contributed by atoms with E-state index in [2.05, 4.69) is 23.3 Å². The first-order valence-corrected chi connectivity index (χ1v) is 8.76. The highest BCUT2D eigenvalue weighted by molar-refractivity contribution is 7.80. The predicted molar refractivity (Wildman–Crippen MR) is 98.0 cm³/mol. The molecule has 0 aromatic carbocycles. The first-order valence-electron chi connectivity index (χ1n) is 8.12. The second-order valence-electron chi connectivity index (χ2n) is 6.26. The van der Waals surface area contributed by atoms with Gasteiger partial charge >= 0.3 is 11.9 Å². The lowest BCUT2D eigenvalue weighted by molar-refractivity contribution is -0.147. The van der Waals surface area contributed by atoms with Crippen molar-refractivity contribution in [1.82, 2.24) is 16.0 Å². The number of hydrogen-bond donors (Lipinski definition) is 7. The lowest BCUT2D eigenvalue weighted by Crippen LogP contribution is -2.58. The fourth-order valence-electron chi connectivity index (χ4n) is 1.92. The highest BCUT2D eigenvalue weighted by atomic mass is 32.1. The molecule has 0 radical (unpaired) electrons. The third kappa shape index (κ3) is 8.73. The Morgan fingerprint density at radius 3 is 1.78 bits per heavy atom. The van der Waals surface area contributed by atoms with Gasteiger partial charge in [0.1, 0.15) is 18.1 Å². The van der Waals surface area contributed by atoms with Crippen molar-refractivity contribution in [2.45, 2.75) is 51.4 Å². The molecule has 12 heteroatoms. The van der Waals surface area contributed by atoms with E-state index >= 15 is 0 Å². The van der Waals surface area contributed by atoms with Gasteiger partial charge in [-0.25, -0.2) is 4.79 Å². The number of carbonyl (C=O) groups is 5. The van der Waals surface area contributed by atoms with Gasteiger partial charge in [-0.1, -0.05) is 13.8 Å². The van der Waals surface area contributed by atoms with Gasteiger partial charge < -0.3 is 31.9 Å². The standard InChI is InChI=1S/C15H26N4O7S/c1-6(2)11(19-12(22)7(3)16)14(24)18-9(5-27)13(23)17-8(15(25)26)4-10(20)21/h6-9,11,27H,4-5,16H2,1-3H3,(H,17,23)(H,18,24)(H,19,22)(H,20,21)(H,25,26). The molecule has 0 aromatic rings. The smallest absolute Gasteiger partial charge is 0.326 e. The summed E-state index contributed by atoms with van der Waals surface area (Å²) in [6.07, 6.45) is -0.826. The lowest BCUT2D eigenvalue weighted by Gasteiger charge is -2.25. The van der Waals surface area contributed by atoms with Crippen LogP contribution in [0.2, 0.25) is 0 Å². The van der Waals surface area contributed by atoms with Crippen molar-refractivity contribution in [1.29, 1.82) is 0 Å². The van der Waals surface area contributed by atoms with Gasteiger partial charge in [0.05, 0.1) is 12.5 Å². The molecule has 27 heavy (non-hydrogen) atoms. The maximum atomic E-state index is 12.4. The minimum Gasteiger partial charge on any atom is -0.481 e. The number of carboxylic acid groups (broad SMARTS) is 2. The molecular formula is C15H26N4O7S. The molecule has 0 saturated carbocycles. The summed E-state index contributed by atoms with van der Waals surface area (Å²) in [4.78, 5) is 58.1. The Kier molecular flexibility index (Phi) is 10.4. The molecule has 0 spiro atoms. The van der Waals surface area contributed by atoms with Crippen LogP contribution >= 0.6 is 12.6 Å². The van der Waals surface area contributed by atoms with Gasteiger partial charge in [-0.3, -0.25) is 19.2 Å². The van der Waals surface area contributed by atoms with E-state index in [4.69, 9.17) is 15.9 Å². The molecule has 3 amide bonds. The zero-order chi connectivity index (χ0) is 21.3. The van der Waals surface area contributed by atoms with E-state index in [-0.39, 0.29) is 11.7 Å². The van der Waals surface area contributed by atoms with Crippen LogP contribution in [0.25, 0.3) is 0 Å². The normalized spacial score (nSPS) is 15.2. The van der Waals surface area contributed by atoms with E-state index in [1.165, 1.54) is 6.92 Å². The molecule has 0 aromatic heterocycles. The number of aliphatic carboxylic acids is 2. The Labute approximate surface area is 161 Å². The number of amides is 3. The lowest BCUT2D eigenvalue weighted by atomic mass is 10.0. The molecule has 0 fully saturated rings.